The first-order valence-electron chi connectivity index (χ1n) is 6.67. The minimum atomic E-state index is 0.547. The quantitative estimate of drug-likeness (QED) is 0.938. The summed E-state index contributed by atoms with van der Waals surface area (Å²) in [5.74, 6) is 2.34. The van der Waals surface area contributed by atoms with Crippen molar-refractivity contribution >= 4 is 11.6 Å². The van der Waals surface area contributed by atoms with Crippen molar-refractivity contribution in [2.45, 2.75) is 25.7 Å². The Kier molecular flexibility index (Phi) is 3.58. The monoisotopic (exact) mass is 276 g/mol. The van der Waals surface area contributed by atoms with E-state index in [9.17, 15) is 0 Å². The Labute approximate surface area is 117 Å². The van der Waals surface area contributed by atoms with E-state index in [-0.39, 0.29) is 0 Å². The van der Waals surface area contributed by atoms with Crippen LogP contribution in [0.2, 0.25) is 5.02 Å². The average Bonchev–Trinajstić information content (AvgIpc) is 2.82. The Balaban J connectivity index is 1.80. The van der Waals surface area contributed by atoms with Crippen LogP contribution < -0.4 is 5.73 Å². The molecule has 1 aromatic carbocycles. The molecule has 4 heteroatoms. The maximum Gasteiger partial charge on any atom is 0.199 e. The molecule has 0 saturated carbocycles. The second kappa shape index (κ2) is 5.35. The van der Waals surface area contributed by atoms with E-state index >= 15 is 0 Å². The molecule has 2 aromatic rings. The molecule has 1 heterocycles. The topological polar surface area (TPSA) is 52.0 Å². The van der Waals surface area contributed by atoms with Gasteiger partial charge in [0, 0.05) is 11.4 Å². The highest BCUT2D eigenvalue weighted by molar-refractivity contribution is 6.31. The van der Waals surface area contributed by atoms with Gasteiger partial charge >= 0.3 is 0 Å². The molecule has 1 unspecified atom stereocenters. The van der Waals surface area contributed by atoms with Gasteiger partial charge in [-0.2, -0.15) is 0 Å². The normalized spacial score (nSPS) is 18.3. The van der Waals surface area contributed by atoms with Crippen molar-refractivity contribution in [2.75, 3.05) is 6.54 Å². The van der Waals surface area contributed by atoms with Gasteiger partial charge in [-0.1, -0.05) is 29.8 Å². The van der Waals surface area contributed by atoms with Crippen molar-refractivity contribution in [3.63, 3.8) is 0 Å². The number of halogens is 1. The van der Waals surface area contributed by atoms with Crippen molar-refractivity contribution < 1.29 is 4.42 Å². The molecule has 1 atom stereocenters. The summed E-state index contributed by atoms with van der Waals surface area (Å²) >= 11 is 6.16. The SMILES string of the molecule is NCC1CCc2oc(Cc3ccccc3Cl)nc2C1. The summed E-state index contributed by atoms with van der Waals surface area (Å²) in [7, 11) is 0. The molecule has 0 aliphatic heterocycles. The Hall–Kier alpha value is -1.32. The predicted octanol–water partition coefficient (Wildman–Crippen LogP) is 2.98. The number of hydrogen-bond donors (Lipinski definition) is 1. The van der Waals surface area contributed by atoms with E-state index in [0.29, 0.717) is 12.3 Å². The molecule has 3 nitrogen and oxygen atoms in total. The van der Waals surface area contributed by atoms with Crippen LogP contribution in [0.3, 0.4) is 0 Å². The van der Waals surface area contributed by atoms with E-state index in [2.05, 4.69) is 4.98 Å². The van der Waals surface area contributed by atoms with Crippen molar-refractivity contribution in [3.05, 3.63) is 52.2 Å². The number of aromatic nitrogens is 1. The van der Waals surface area contributed by atoms with Gasteiger partial charge in [0.25, 0.3) is 0 Å². The van der Waals surface area contributed by atoms with Crippen LogP contribution in [0.15, 0.2) is 28.7 Å². The van der Waals surface area contributed by atoms with E-state index in [1.165, 1.54) is 0 Å². The van der Waals surface area contributed by atoms with E-state index in [4.69, 9.17) is 21.8 Å². The van der Waals surface area contributed by atoms with Crippen molar-refractivity contribution in [2.24, 2.45) is 11.7 Å². The molecular weight excluding hydrogens is 260 g/mol. The van der Waals surface area contributed by atoms with Gasteiger partial charge < -0.3 is 10.2 Å². The Morgan fingerprint density at radius 1 is 1.37 bits per heavy atom. The smallest absolute Gasteiger partial charge is 0.199 e. The standard InChI is InChI=1S/C15H17ClN2O/c16-12-4-2-1-3-11(12)8-15-18-13-7-10(9-17)5-6-14(13)19-15/h1-4,10H,5-9,17H2. The van der Waals surface area contributed by atoms with Crippen LogP contribution in [0.4, 0.5) is 0 Å². The van der Waals surface area contributed by atoms with Crippen LogP contribution >= 0.6 is 11.6 Å². The maximum atomic E-state index is 6.16. The molecule has 0 radical (unpaired) electrons. The fourth-order valence-corrected chi connectivity index (χ4v) is 2.79. The fraction of sp³-hybridized carbons (Fsp3) is 0.400. The molecule has 100 valence electrons. The number of oxazole rings is 1. The summed E-state index contributed by atoms with van der Waals surface area (Å²) in [6, 6.07) is 7.81. The lowest BCUT2D eigenvalue weighted by molar-refractivity contribution is 0.399. The van der Waals surface area contributed by atoms with Crippen molar-refractivity contribution in [1.29, 1.82) is 0 Å². The summed E-state index contributed by atoms with van der Waals surface area (Å²) in [5.41, 5.74) is 7.88. The van der Waals surface area contributed by atoms with Crippen LogP contribution in [0.5, 0.6) is 0 Å². The zero-order valence-electron chi connectivity index (χ0n) is 10.7. The van der Waals surface area contributed by atoms with Crippen LogP contribution in [0.1, 0.15) is 29.3 Å². The molecular formula is C15H17ClN2O. The third kappa shape index (κ3) is 2.67. The lowest BCUT2D eigenvalue weighted by atomic mass is 9.90. The van der Waals surface area contributed by atoms with Crippen molar-refractivity contribution in [1.82, 2.24) is 4.98 Å². The van der Waals surface area contributed by atoms with Gasteiger partial charge in [0.15, 0.2) is 5.89 Å². The molecule has 1 aromatic heterocycles. The predicted molar refractivity (Wildman–Crippen MR) is 75.3 cm³/mol. The van der Waals surface area contributed by atoms with Gasteiger partial charge in [0.2, 0.25) is 0 Å². The summed E-state index contributed by atoms with van der Waals surface area (Å²) < 4.78 is 5.85. The van der Waals surface area contributed by atoms with Crippen LogP contribution in [-0.4, -0.2) is 11.5 Å². The van der Waals surface area contributed by atoms with Gasteiger partial charge in [-0.15, -0.1) is 0 Å². The maximum absolute atomic E-state index is 6.16. The zero-order chi connectivity index (χ0) is 13.2. The van der Waals surface area contributed by atoms with Gasteiger partial charge in [-0.05, 0) is 36.9 Å². The largest absolute Gasteiger partial charge is 0.445 e. The van der Waals surface area contributed by atoms with Crippen LogP contribution in [0, 0.1) is 5.92 Å². The lowest BCUT2D eigenvalue weighted by Gasteiger charge is -2.17. The molecule has 2 N–H and O–H groups in total. The lowest BCUT2D eigenvalue weighted by Crippen LogP contribution is -2.21. The summed E-state index contributed by atoms with van der Waals surface area (Å²) in [4.78, 5) is 4.60. The zero-order valence-corrected chi connectivity index (χ0v) is 11.5. The fourth-order valence-electron chi connectivity index (χ4n) is 2.58. The molecule has 0 saturated heterocycles. The highest BCUT2D eigenvalue weighted by atomic mass is 35.5. The van der Waals surface area contributed by atoms with Crippen LogP contribution in [-0.2, 0) is 19.3 Å². The first-order valence-corrected chi connectivity index (χ1v) is 7.05. The second-order valence-corrected chi connectivity index (χ2v) is 5.50. The summed E-state index contributed by atoms with van der Waals surface area (Å²) in [6.07, 6.45) is 3.65. The molecule has 3 rings (SSSR count). The van der Waals surface area contributed by atoms with E-state index < -0.39 is 0 Å². The minimum Gasteiger partial charge on any atom is -0.445 e. The number of benzene rings is 1. The molecule has 1 aliphatic rings. The average molecular weight is 277 g/mol. The number of rotatable bonds is 3. The Morgan fingerprint density at radius 2 is 2.21 bits per heavy atom. The van der Waals surface area contributed by atoms with Gasteiger partial charge in [-0.25, -0.2) is 4.98 Å². The van der Waals surface area contributed by atoms with Gasteiger partial charge in [0.05, 0.1) is 12.1 Å². The van der Waals surface area contributed by atoms with E-state index in [1.807, 2.05) is 24.3 Å². The first kappa shape index (κ1) is 12.7. The Morgan fingerprint density at radius 3 is 3.00 bits per heavy atom. The minimum absolute atomic E-state index is 0.547. The summed E-state index contributed by atoms with van der Waals surface area (Å²) in [5, 5.41) is 0.763. The highest BCUT2D eigenvalue weighted by Crippen LogP contribution is 2.27. The molecule has 0 bridgehead atoms. The highest BCUT2D eigenvalue weighted by Gasteiger charge is 2.23. The molecule has 0 amide bonds. The third-order valence-corrected chi connectivity index (χ3v) is 4.09. The van der Waals surface area contributed by atoms with E-state index in [1.54, 1.807) is 0 Å². The van der Waals surface area contributed by atoms with Crippen molar-refractivity contribution in [3.8, 4) is 0 Å². The molecule has 0 spiro atoms. The number of hydrogen-bond acceptors (Lipinski definition) is 3. The second-order valence-electron chi connectivity index (χ2n) is 5.09. The number of fused-ring (bicyclic) bond motifs is 1. The van der Waals surface area contributed by atoms with Crippen LogP contribution in [0.25, 0.3) is 0 Å². The van der Waals surface area contributed by atoms with Gasteiger partial charge in [0.1, 0.15) is 5.76 Å². The van der Waals surface area contributed by atoms with Gasteiger partial charge in [-0.3, -0.25) is 0 Å². The molecule has 19 heavy (non-hydrogen) atoms. The third-order valence-electron chi connectivity index (χ3n) is 3.72. The number of aryl methyl sites for hydroxylation is 1. The molecule has 1 aliphatic carbocycles. The number of nitrogens with zero attached hydrogens (tertiary/aromatic N) is 1. The number of nitrogens with two attached hydrogens (primary N) is 1. The molecule has 0 fully saturated rings. The first-order chi connectivity index (χ1) is 9.26. The summed E-state index contributed by atoms with van der Waals surface area (Å²) in [6.45, 7) is 0.728. The van der Waals surface area contributed by atoms with E-state index in [0.717, 1.165) is 53.7 Å². The Bertz CT molecular complexity index is 579.